The second-order valence-corrected chi connectivity index (χ2v) is 13.6. The molecule has 0 fully saturated rings. The summed E-state index contributed by atoms with van der Waals surface area (Å²) in [6, 6.07) is 13.3. The number of azo groups is 1. The second kappa shape index (κ2) is 19.5. The number of carbonyl (C=O) groups excluding carboxylic acids is 3. The van der Waals surface area contributed by atoms with Crippen LogP contribution in [0.5, 0.6) is 0 Å². The maximum Gasteiger partial charge on any atom is 0.386 e. The van der Waals surface area contributed by atoms with E-state index in [0.717, 1.165) is 5.69 Å². The highest BCUT2D eigenvalue weighted by molar-refractivity contribution is 8.54. The van der Waals surface area contributed by atoms with Crippen LogP contribution in [0.3, 0.4) is 0 Å². The zero-order valence-electron chi connectivity index (χ0n) is 24.9. The predicted molar refractivity (Wildman–Crippen MR) is 173 cm³/mol. The lowest BCUT2D eigenvalue weighted by molar-refractivity contribution is -0.128. The van der Waals surface area contributed by atoms with Crippen molar-refractivity contribution < 1.29 is 28.4 Å². The summed E-state index contributed by atoms with van der Waals surface area (Å²) in [5.74, 6) is 1.05. The first-order valence-corrected chi connectivity index (χ1v) is 17.1. The molecule has 0 aromatic heterocycles. The van der Waals surface area contributed by atoms with E-state index in [1.54, 1.807) is 24.3 Å². The first-order chi connectivity index (χ1) is 21.0. The number of amides is 3. The van der Waals surface area contributed by atoms with Gasteiger partial charge in [-0.3, -0.25) is 18.9 Å². The van der Waals surface area contributed by atoms with Crippen LogP contribution in [0.1, 0.15) is 36.0 Å². The molecule has 0 bridgehead atoms. The lowest BCUT2D eigenvalue weighted by Gasteiger charge is -2.18. The molecule has 0 heterocycles. The van der Waals surface area contributed by atoms with Crippen LogP contribution in [-0.4, -0.2) is 74.7 Å². The van der Waals surface area contributed by atoms with E-state index in [4.69, 9.17) is 16.7 Å². The Bertz CT molecular complexity index is 1330. The zero-order valence-corrected chi connectivity index (χ0v) is 26.6. The van der Waals surface area contributed by atoms with Gasteiger partial charge in [-0.1, -0.05) is 5.92 Å². The molecule has 0 radical (unpaired) electrons. The summed E-state index contributed by atoms with van der Waals surface area (Å²) in [5, 5.41) is 16.2. The molecule has 15 heteroatoms. The van der Waals surface area contributed by atoms with Gasteiger partial charge in [0.15, 0.2) is 0 Å². The average molecular weight is 646 g/mol. The Morgan fingerprint density at radius 2 is 1.70 bits per heavy atom. The zero-order chi connectivity index (χ0) is 32.4. The highest BCUT2D eigenvalue weighted by Crippen LogP contribution is 2.55. The number of nitrogens with one attached hydrogen (secondary N) is 3. The van der Waals surface area contributed by atoms with Crippen LogP contribution in [0, 0.1) is 12.3 Å². The second-order valence-electron chi connectivity index (χ2n) is 9.63. The van der Waals surface area contributed by atoms with Crippen LogP contribution >= 0.6 is 18.2 Å². The molecule has 2 rings (SSSR count). The Balaban J connectivity index is 1.71. The van der Waals surface area contributed by atoms with Gasteiger partial charge in [0.1, 0.15) is 6.04 Å². The monoisotopic (exact) mass is 645 g/mol. The first kappa shape index (κ1) is 36.5. The summed E-state index contributed by atoms with van der Waals surface area (Å²) in [4.78, 5) is 49.1. The molecule has 0 aliphatic rings. The third kappa shape index (κ3) is 14.2. The highest BCUT2D eigenvalue weighted by atomic mass is 32.7. The van der Waals surface area contributed by atoms with E-state index < -0.39 is 24.7 Å². The fourth-order valence-electron chi connectivity index (χ4n) is 3.62. The van der Waals surface area contributed by atoms with Crippen LogP contribution in [0.2, 0.25) is 0 Å². The van der Waals surface area contributed by atoms with Gasteiger partial charge in [0.05, 0.1) is 24.5 Å². The molecule has 6 N–H and O–H groups in total. The first-order valence-electron chi connectivity index (χ1n) is 13.9. The molecule has 44 heavy (non-hydrogen) atoms. The Labute approximate surface area is 262 Å². The summed E-state index contributed by atoms with van der Waals surface area (Å²) in [7, 11) is 3.91. The van der Waals surface area contributed by atoms with Crippen molar-refractivity contribution in [1.82, 2.24) is 16.0 Å². The number of hydrogen-bond acceptors (Lipinski definition) is 10. The maximum atomic E-state index is 12.4. The van der Waals surface area contributed by atoms with Gasteiger partial charge >= 0.3 is 6.80 Å². The molecule has 0 spiro atoms. The fourth-order valence-corrected chi connectivity index (χ4v) is 5.94. The number of unbranched alkanes of at least 4 members (excludes halogenated alkanes) is 1. The van der Waals surface area contributed by atoms with Crippen LogP contribution in [-0.2, 0) is 18.7 Å². The van der Waals surface area contributed by atoms with Crippen LogP contribution < -0.4 is 26.6 Å². The number of benzene rings is 2. The normalized spacial score (nSPS) is 13.0. The van der Waals surface area contributed by atoms with Gasteiger partial charge in [-0.15, -0.1) is 6.42 Å². The van der Waals surface area contributed by atoms with E-state index >= 15 is 0 Å². The van der Waals surface area contributed by atoms with Gasteiger partial charge in [0, 0.05) is 44.1 Å². The van der Waals surface area contributed by atoms with E-state index in [1.165, 1.54) is 0 Å². The molecule has 2 atom stereocenters. The van der Waals surface area contributed by atoms with Crippen molar-refractivity contribution in [3.05, 3.63) is 54.1 Å². The molecule has 0 saturated heterocycles. The van der Waals surface area contributed by atoms with Gasteiger partial charge in [-0.2, -0.15) is 10.2 Å². The van der Waals surface area contributed by atoms with Gasteiger partial charge in [-0.25, -0.2) is 4.57 Å². The van der Waals surface area contributed by atoms with E-state index in [9.17, 15) is 23.8 Å². The van der Waals surface area contributed by atoms with Crippen molar-refractivity contribution in [2.45, 2.75) is 31.7 Å². The Kier molecular flexibility index (Phi) is 16.2. The van der Waals surface area contributed by atoms with Gasteiger partial charge in [0.2, 0.25) is 11.8 Å². The molecule has 0 saturated carbocycles. The molecule has 238 valence electrons. The lowest BCUT2D eigenvalue weighted by atomic mass is 10.1. The number of hydrogen-bond donors (Lipinski definition) is 5. The van der Waals surface area contributed by atoms with E-state index in [-0.39, 0.29) is 37.8 Å². The van der Waals surface area contributed by atoms with E-state index in [2.05, 4.69) is 32.1 Å². The standard InChI is InChI=1S/C29H40N7O6PS/c1-4-18-31-29(39)26(7-5-6-17-30)33-27(37)16-21-44-43(40,41)42-20-19-32-28(38)22-8-10-23(11-9-22)34-35-24-12-14-25(15-13-24)36(2)3/h1,8-15,26H,5-7,16-21,30H2,2-3H3,(H,31,39)(H,32,38)(H,33,37)(H,40,41)/b35-34+. The summed E-state index contributed by atoms with van der Waals surface area (Å²) in [6.45, 7) is -3.79. The SMILES string of the molecule is C#CCNC(=O)C(CCCCN)NC(=O)CCSP(=O)(O)OCCNC(=O)c1ccc(/N=N/c2ccc(N(C)C)cc2)cc1. The topological polar surface area (TPSA) is 188 Å². The Morgan fingerprint density at radius 1 is 1.07 bits per heavy atom. The molecular formula is C29H40N7O6PS. The summed E-state index contributed by atoms with van der Waals surface area (Å²) in [6.07, 6.45) is 6.79. The van der Waals surface area contributed by atoms with E-state index in [1.807, 2.05) is 43.3 Å². The van der Waals surface area contributed by atoms with Crippen molar-refractivity contribution in [3.63, 3.8) is 0 Å². The number of carbonyl (C=O) groups is 3. The average Bonchev–Trinajstić information content (AvgIpc) is 3.00. The van der Waals surface area contributed by atoms with Crippen molar-refractivity contribution in [2.24, 2.45) is 16.0 Å². The number of rotatable bonds is 19. The molecule has 2 unspecified atom stereocenters. The van der Waals surface area contributed by atoms with Gasteiger partial charge < -0.3 is 31.5 Å². The molecule has 2 aromatic rings. The van der Waals surface area contributed by atoms with Crippen molar-refractivity contribution in [2.75, 3.05) is 51.0 Å². The van der Waals surface area contributed by atoms with Crippen LogP contribution in [0.25, 0.3) is 0 Å². The predicted octanol–water partition coefficient (Wildman–Crippen LogP) is 3.50. The molecule has 0 aliphatic heterocycles. The number of terminal acetylenes is 1. The fraction of sp³-hybridized carbons (Fsp3) is 0.414. The van der Waals surface area contributed by atoms with Gasteiger partial charge in [0.25, 0.3) is 5.91 Å². The smallest absolute Gasteiger partial charge is 0.378 e. The molecule has 3 amide bonds. The summed E-state index contributed by atoms with van der Waals surface area (Å²) >= 11 is 0.590. The molecule has 2 aromatic carbocycles. The highest BCUT2D eigenvalue weighted by Gasteiger charge is 2.23. The number of anilines is 1. The summed E-state index contributed by atoms with van der Waals surface area (Å²) in [5.41, 5.74) is 8.19. The molecular weight excluding hydrogens is 605 g/mol. The van der Waals surface area contributed by atoms with Crippen LogP contribution in [0.4, 0.5) is 17.1 Å². The summed E-state index contributed by atoms with van der Waals surface area (Å²) < 4.78 is 17.4. The molecule has 13 nitrogen and oxygen atoms in total. The quantitative estimate of drug-likeness (QED) is 0.0659. The van der Waals surface area contributed by atoms with Gasteiger partial charge in [-0.05, 0) is 85.7 Å². The van der Waals surface area contributed by atoms with Crippen LogP contribution in [0.15, 0.2) is 58.8 Å². The van der Waals surface area contributed by atoms with E-state index in [0.29, 0.717) is 54.1 Å². The van der Waals surface area contributed by atoms with Crippen molar-refractivity contribution >= 4 is 53.0 Å². The minimum Gasteiger partial charge on any atom is -0.378 e. The van der Waals surface area contributed by atoms with Crippen molar-refractivity contribution in [3.8, 4) is 12.3 Å². The Morgan fingerprint density at radius 3 is 2.30 bits per heavy atom. The Hall–Kier alpha value is -3.73. The number of nitrogens with zero attached hydrogens (tertiary/aromatic N) is 3. The maximum absolute atomic E-state index is 12.4. The molecule has 0 aliphatic carbocycles. The third-order valence-corrected chi connectivity index (χ3v) is 9.03. The third-order valence-electron chi connectivity index (χ3n) is 5.97. The number of nitrogens with two attached hydrogens (primary N) is 1. The minimum atomic E-state index is -4.07. The minimum absolute atomic E-state index is 0.00786. The lowest BCUT2D eigenvalue weighted by Crippen LogP contribution is -2.47. The van der Waals surface area contributed by atoms with Crippen molar-refractivity contribution in [1.29, 1.82) is 0 Å². The largest absolute Gasteiger partial charge is 0.386 e.